The van der Waals surface area contributed by atoms with Crippen LogP contribution in [-0.4, -0.2) is 43.9 Å². The zero-order chi connectivity index (χ0) is 18.9. The summed E-state index contributed by atoms with van der Waals surface area (Å²) >= 11 is 4.65. The van der Waals surface area contributed by atoms with Crippen molar-refractivity contribution in [1.82, 2.24) is 4.31 Å². The lowest BCUT2D eigenvalue weighted by atomic mass is 10.3. The van der Waals surface area contributed by atoms with Gasteiger partial charge >= 0.3 is 0 Å². The second-order valence-electron chi connectivity index (χ2n) is 6.16. The Bertz CT molecular complexity index is 886. The summed E-state index contributed by atoms with van der Waals surface area (Å²) < 4.78 is 33.5. The van der Waals surface area contributed by atoms with E-state index < -0.39 is 10.0 Å². The topological polar surface area (TPSA) is 75.7 Å². The van der Waals surface area contributed by atoms with Gasteiger partial charge in [-0.1, -0.05) is 0 Å². The molecule has 1 N–H and O–H groups in total. The number of anilines is 1. The Balaban J connectivity index is 1.73. The van der Waals surface area contributed by atoms with Gasteiger partial charge in [-0.15, -0.1) is 11.3 Å². The van der Waals surface area contributed by atoms with E-state index in [9.17, 15) is 13.2 Å². The van der Waals surface area contributed by atoms with Gasteiger partial charge in [-0.25, -0.2) is 8.42 Å². The number of amides is 1. The monoisotopic (exact) mass is 458 g/mol. The predicted octanol–water partition coefficient (Wildman–Crippen LogP) is 3.56. The van der Waals surface area contributed by atoms with E-state index in [0.29, 0.717) is 23.7 Å². The van der Waals surface area contributed by atoms with Crippen molar-refractivity contribution in [1.29, 1.82) is 0 Å². The zero-order valence-corrected chi connectivity index (χ0v) is 17.5. The molecule has 1 fully saturated rings. The number of sulfonamides is 1. The van der Waals surface area contributed by atoms with Crippen LogP contribution < -0.4 is 5.32 Å². The minimum absolute atomic E-state index is 0.141. The van der Waals surface area contributed by atoms with Crippen molar-refractivity contribution in [3.63, 3.8) is 0 Å². The van der Waals surface area contributed by atoms with Crippen LogP contribution in [0.1, 0.15) is 23.5 Å². The number of carbonyl (C=O) groups excluding carboxylic acids is 1. The molecule has 2 heterocycles. The van der Waals surface area contributed by atoms with Gasteiger partial charge in [0.15, 0.2) is 0 Å². The average Bonchev–Trinajstić information content (AvgIpc) is 3.01. The van der Waals surface area contributed by atoms with Crippen LogP contribution in [-0.2, 0) is 14.8 Å². The summed E-state index contributed by atoms with van der Waals surface area (Å²) in [4.78, 5) is 12.9. The van der Waals surface area contributed by atoms with E-state index in [4.69, 9.17) is 4.74 Å². The van der Waals surface area contributed by atoms with Crippen molar-refractivity contribution in [3.05, 3.63) is 45.1 Å². The van der Waals surface area contributed by atoms with Crippen molar-refractivity contribution in [2.45, 2.75) is 31.0 Å². The van der Waals surface area contributed by atoms with E-state index in [1.54, 1.807) is 24.3 Å². The minimum Gasteiger partial charge on any atom is -0.373 e. The summed E-state index contributed by atoms with van der Waals surface area (Å²) in [6.45, 7) is 4.39. The second kappa shape index (κ2) is 7.77. The lowest BCUT2D eigenvalue weighted by Crippen LogP contribution is -2.48. The van der Waals surface area contributed by atoms with Gasteiger partial charge in [0.25, 0.3) is 5.91 Å². The van der Waals surface area contributed by atoms with Gasteiger partial charge in [-0.2, -0.15) is 4.31 Å². The maximum absolute atomic E-state index is 12.8. The molecule has 0 bridgehead atoms. The number of carbonyl (C=O) groups is 1. The third-order valence-corrected chi connectivity index (χ3v) is 7.40. The molecule has 2 unspecified atom stereocenters. The van der Waals surface area contributed by atoms with E-state index in [0.717, 1.165) is 3.79 Å². The number of nitrogens with one attached hydrogen (secondary N) is 1. The molecule has 1 aliphatic rings. The zero-order valence-electron chi connectivity index (χ0n) is 14.3. The molecule has 9 heteroatoms. The highest BCUT2D eigenvalue weighted by Crippen LogP contribution is 2.25. The van der Waals surface area contributed by atoms with Gasteiger partial charge in [0.2, 0.25) is 10.0 Å². The summed E-state index contributed by atoms with van der Waals surface area (Å²) in [5.74, 6) is -0.230. The Morgan fingerprint density at radius 3 is 2.31 bits per heavy atom. The van der Waals surface area contributed by atoms with Crippen LogP contribution in [0.25, 0.3) is 0 Å². The molecule has 1 amide bonds. The summed E-state index contributed by atoms with van der Waals surface area (Å²) in [6, 6.07) is 9.75. The Hall–Kier alpha value is -1.26. The normalized spacial score (nSPS) is 21.5. The number of ether oxygens (including phenoxy) is 1. The van der Waals surface area contributed by atoms with Crippen LogP contribution in [0, 0.1) is 0 Å². The molecule has 0 radical (unpaired) electrons. The van der Waals surface area contributed by atoms with E-state index in [1.165, 1.54) is 27.8 Å². The molecule has 1 aliphatic heterocycles. The molecule has 2 atom stereocenters. The Kier molecular flexibility index (Phi) is 5.83. The summed E-state index contributed by atoms with van der Waals surface area (Å²) in [5, 5.41) is 2.77. The Morgan fingerprint density at radius 1 is 1.15 bits per heavy atom. The minimum atomic E-state index is -3.59. The first kappa shape index (κ1) is 19.5. The van der Waals surface area contributed by atoms with Crippen LogP contribution in [0.5, 0.6) is 0 Å². The van der Waals surface area contributed by atoms with Crippen molar-refractivity contribution in [2.24, 2.45) is 0 Å². The molecular formula is C17H19BrN2O4S2. The van der Waals surface area contributed by atoms with Gasteiger partial charge in [-0.3, -0.25) is 4.79 Å². The Morgan fingerprint density at radius 2 is 1.77 bits per heavy atom. The molecule has 3 rings (SSSR count). The fraction of sp³-hybridized carbons (Fsp3) is 0.353. The smallest absolute Gasteiger partial charge is 0.265 e. The highest BCUT2D eigenvalue weighted by Gasteiger charge is 2.32. The lowest BCUT2D eigenvalue weighted by molar-refractivity contribution is -0.0440. The van der Waals surface area contributed by atoms with Crippen molar-refractivity contribution in [3.8, 4) is 0 Å². The maximum Gasteiger partial charge on any atom is 0.265 e. The first-order chi connectivity index (χ1) is 12.3. The van der Waals surface area contributed by atoms with Crippen molar-refractivity contribution < 1.29 is 17.9 Å². The lowest BCUT2D eigenvalue weighted by Gasteiger charge is -2.34. The first-order valence-electron chi connectivity index (χ1n) is 8.08. The molecule has 6 nitrogen and oxygen atoms in total. The van der Waals surface area contributed by atoms with Crippen LogP contribution in [0.3, 0.4) is 0 Å². The van der Waals surface area contributed by atoms with Gasteiger partial charge in [0, 0.05) is 18.8 Å². The van der Waals surface area contributed by atoms with Crippen LogP contribution in [0.4, 0.5) is 5.69 Å². The van der Waals surface area contributed by atoms with E-state index in [-0.39, 0.29) is 23.0 Å². The number of nitrogens with zero attached hydrogens (tertiary/aromatic N) is 1. The summed E-state index contributed by atoms with van der Waals surface area (Å²) in [5.41, 5.74) is 0.544. The number of hydrogen-bond donors (Lipinski definition) is 1. The van der Waals surface area contributed by atoms with Gasteiger partial charge in [0.1, 0.15) is 0 Å². The molecule has 1 saturated heterocycles. The molecule has 26 heavy (non-hydrogen) atoms. The molecule has 1 aromatic carbocycles. The van der Waals surface area contributed by atoms with Crippen LogP contribution in [0.15, 0.2) is 45.1 Å². The van der Waals surface area contributed by atoms with Gasteiger partial charge < -0.3 is 10.1 Å². The largest absolute Gasteiger partial charge is 0.373 e. The van der Waals surface area contributed by atoms with Crippen molar-refractivity contribution >= 4 is 48.9 Å². The Labute approximate surface area is 165 Å². The maximum atomic E-state index is 12.8. The molecule has 0 saturated carbocycles. The van der Waals surface area contributed by atoms with Crippen LogP contribution >= 0.6 is 27.3 Å². The number of halogens is 1. The molecule has 1 aromatic heterocycles. The SMILES string of the molecule is CC1CN(S(=O)(=O)c2ccc(NC(=O)c3ccc(Br)s3)cc2)CC(C)O1. The first-order valence-corrected chi connectivity index (χ1v) is 11.1. The van der Waals surface area contributed by atoms with E-state index in [1.807, 2.05) is 13.8 Å². The molecule has 0 spiro atoms. The predicted molar refractivity (Wildman–Crippen MR) is 105 cm³/mol. The van der Waals surface area contributed by atoms with E-state index >= 15 is 0 Å². The number of hydrogen-bond acceptors (Lipinski definition) is 5. The average molecular weight is 459 g/mol. The molecule has 140 valence electrons. The summed E-state index contributed by atoms with van der Waals surface area (Å²) in [7, 11) is -3.59. The van der Waals surface area contributed by atoms with Crippen molar-refractivity contribution in [2.75, 3.05) is 18.4 Å². The number of benzene rings is 1. The number of thiophene rings is 1. The van der Waals surface area contributed by atoms with Gasteiger partial charge in [0.05, 0.1) is 25.8 Å². The standard InChI is InChI=1S/C17H19BrN2O4S2/c1-11-9-20(10-12(2)24-11)26(22,23)14-5-3-13(4-6-14)19-17(21)15-7-8-16(18)25-15/h3-8,11-12H,9-10H2,1-2H3,(H,19,21). The fourth-order valence-electron chi connectivity index (χ4n) is 2.82. The van der Waals surface area contributed by atoms with E-state index in [2.05, 4.69) is 21.2 Å². The molecular weight excluding hydrogens is 440 g/mol. The fourth-order valence-corrected chi connectivity index (χ4v) is 5.69. The summed E-state index contributed by atoms with van der Waals surface area (Å²) in [6.07, 6.45) is -0.283. The number of rotatable bonds is 4. The van der Waals surface area contributed by atoms with Crippen LogP contribution in [0.2, 0.25) is 0 Å². The highest BCUT2D eigenvalue weighted by molar-refractivity contribution is 9.11. The number of morpholine rings is 1. The molecule has 0 aliphatic carbocycles. The third kappa shape index (κ3) is 4.34. The second-order valence-corrected chi connectivity index (χ2v) is 10.6. The quantitative estimate of drug-likeness (QED) is 0.759. The third-order valence-electron chi connectivity index (χ3n) is 3.93. The molecule has 2 aromatic rings. The highest BCUT2D eigenvalue weighted by atomic mass is 79.9. The van der Waals surface area contributed by atoms with Gasteiger partial charge in [-0.05, 0) is 66.2 Å².